The molecule has 0 unspecified atom stereocenters. The summed E-state index contributed by atoms with van der Waals surface area (Å²) in [6.07, 6.45) is -3.74. The maximum Gasteiger partial charge on any atom is 0.586 e. The quantitative estimate of drug-likeness (QED) is 0.689. The molecule has 1 aliphatic rings. The number of nitrogens with one attached hydrogen (secondary N) is 1. The van der Waals surface area contributed by atoms with Crippen LogP contribution in [0.4, 0.5) is 14.5 Å². The number of fused-ring (bicyclic) bond motifs is 2. The number of ether oxygens (including phenoxy) is 3. The number of rotatable bonds is 4. The minimum atomic E-state index is -3.74. The first-order valence-corrected chi connectivity index (χ1v) is 8.25. The van der Waals surface area contributed by atoms with Gasteiger partial charge in [-0.05, 0) is 35.0 Å². The molecular weight excluding hydrogens is 372 g/mol. The minimum absolute atomic E-state index is 0.134. The highest BCUT2D eigenvalue weighted by molar-refractivity contribution is 5.98. The lowest BCUT2D eigenvalue weighted by Crippen LogP contribution is -2.25. The molecule has 0 aliphatic carbocycles. The average molecular weight is 385 g/mol. The van der Waals surface area contributed by atoms with Gasteiger partial charge in [0, 0.05) is 11.8 Å². The first-order chi connectivity index (χ1) is 13.4. The molecule has 4 rings (SSSR count). The van der Waals surface area contributed by atoms with Gasteiger partial charge in [-0.3, -0.25) is 4.79 Å². The molecular formula is C20H13F2NO5. The lowest BCUT2D eigenvalue weighted by atomic mass is 10.1. The van der Waals surface area contributed by atoms with E-state index in [9.17, 15) is 18.4 Å². The van der Waals surface area contributed by atoms with Gasteiger partial charge in [0.15, 0.2) is 18.1 Å². The lowest BCUT2D eigenvalue weighted by molar-refractivity contribution is -0.286. The van der Waals surface area contributed by atoms with Crippen molar-refractivity contribution in [3.05, 3.63) is 66.2 Å². The second-order valence-electron chi connectivity index (χ2n) is 6.02. The van der Waals surface area contributed by atoms with Gasteiger partial charge < -0.3 is 19.5 Å². The van der Waals surface area contributed by atoms with E-state index < -0.39 is 24.8 Å². The van der Waals surface area contributed by atoms with E-state index in [1.807, 2.05) is 24.3 Å². The number of carbonyl (C=O) groups is 2. The SMILES string of the molecule is O=C(COC(=O)c1ccc2ccccc2c1)Nc1ccc2c(c1)OC(F)(F)O2. The number of hydrogen-bond acceptors (Lipinski definition) is 5. The van der Waals surface area contributed by atoms with Crippen LogP contribution in [-0.2, 0) is 9.53 Å². The molecule has 0 atom stereocenters. The Balaban J connectivity index is 1.36. The van der Waals surface area contributed by atoms with Gasteiger partial charge in [-0.1, -0.05) is 30.3 Å². The molecule has 0 saturated carbocycles. The van der Waals surface area contributed by atoms with E-state index in [1.165, 1.54) is 18.2 Å². The molecule has 0 fully saturated rings. The number of halogens is 2. The minimum Gasteiger partial charge on any atom is -0.452 e. The molecule has 0 spiro atoms. The van der Waals surface area contributed by atoms with Crippen molar-refractivity contribution in [2.75, 3.05) is 11.9 Å². The third-order valence-corrected chi connectivity index (χ3v) is 4.00. The number of benzene rings is 3. The van der Waals surface area contributed by atoms with Gasteiger partial charge in [0.2, 0.25) is 0 Å². The average Bonchev–Trinajstić information content (AvgIpc) is 2.98. The normalized spacial score (nSPS) is 13.9. The number of esters is 1. The Hall–Kier alpha value is -3.68. The van der Waals surface area contributed by atoms with Gasteiger partial charge in [0.05, 0.1) is 5.56 Å². The molecule has 1 N–H and O–H groups in total. The van der Waals surface area contributed by atoms with Crippen molar-refractivity contribution in [2.45, 2.75) is 6.29 Å². The first-order valence-electron chi connectivity index (χ1n) is 8.25. The highest BCUT2D eigenvalue weighted by Crippen LogP contribution is 2.42. The maximum absolute atomic E-state index is 13.0. The Morgan fingerprint density at radius 2 is 1.68 bits per heavy atom. The Kier molecular flexibility index (Phi) is 4.31. The molecule has 1 amide bonds. The molecule has 3 aromatic carbocycles. The van der Waals surface area contributed by atoms with E-state index in [0.29, 0.717) is 5.56 Å². The van der Waals surface area contributed by atoms with Crippen molar-refractivity contribution in [2.24, 2.45) is 0 Å². The topological polar surface area (TPSA) is 73.9 Å². The van der Waals surface area contributed by atoms with Gasteiger partial charge in [-0.2, -0.15) is 0 Å². The Morgan fingerprint density at radius 1 is 0.929 bits per heavy atom. The number of hydrogen-bond donors (Lipinski definition) is 1. The van der Waals surface area contributed by atoms with E-state index in [1.54, 1.807) is 18.2 Å². The van der Waals surface area contributed by atoms with Crippen LogP contribution in [-0.4, -0.2) is 24.8 Å². The largest absolute Gasteiger partial charge is 0.586 e. The van der Waals surface area contributed by atoms with Crippen LogP contribution < -0.4 is 14.8 Å². The van der Waals surface area contributed by atoms with Crippen molar-refractivity contribution >= 4 is 28.3 Å². The molecule has 1 aliphatic heterocycles. The standard InChI is InChI=1S/C20H13F2NO5/c21-20(22)27-16-8-7-15(10-17(16)28-20)23-18(24)11-26-19(25)14-6-5-12-3-1-2-4-13(12)9-14/h1-10H,11H2,(H,23,24). The fourth-order valence-electron chi connectivity index (χ4n) is 2.75. The number of carbonyl (C=O) groups excluding carboxylic acids is 2. The molecule has 1 heterocycles. The first kappa shape index (κ1) is 17.7. The van der Waals surface area contributed by atoms with Gasteiger partial charge >= 0.3 is 12.3 Å². The van der Waals surface area contributed by atoms with Crippen LogP contribution in [0.1, 0.15) is 10.4 Å². The molecule has 0 bridgehead atoms. The number of amides is 1. The summed E-state index contributed by atoms with van der Waals surface area (Å²) >= 11 is 0. The molecule has 8 heteroatoms. The van der Waals surface area contributed by atoms with E-state index >= 15 is 0 Å². The zero-order valence-electron chi connectivity index (χ0n) is 14.3. The van der Waals surface area contributed by atoms with Crippen LogP contribution in [0.5, 0.6) is 11.5 Å². The summed E-state index contributed by atoms with van der Waals surface area (Å²) < 4.78 is 39.6. The summed E-state index contributed by atoms with van der Waals surface area (Å²) in [6, 6.07) is 16.4. The summed E-state index contributed by atoms with van der Waals surface area (Å²) in [5.74, 6) is -1.60. The summed E-state index contributed by atoms with van der Waals surface area (Å²) in [4.78, 5) is 24.1. The molecule has 0 saturated heterocycles. The predicted molar refractivity (Wildman–Crippen MR) is 95.5 cm³/mol. The fraction of sp³-hybridized carbons (Fsp3) is 0.100. The number of alkyl halides is 2. The Labute approximate surface area is 157 Å². The summed E-state index contributed by atoms with van der Waals surface area (Å²) in [7, 11) is 0. The van der Waals surface area contributed by atoms with Crippen LogP contribution in [0, 0.1) is 0 Å². The predicted octanol–water partition coefficient (Wildman–Crippen LogP) is 3.96. The van der Waals surface area contributed by atoms with Crippen LogP contribution in [0.25, 0.3) is 10.8 Å². The third-order valence-electron chi connectivity index (χ3n) is 4.00. The highest BCUT2D eigenvalue weighted by atomic mass is 19.3. The maximum atomic E-state index is 13.0. The van der Waals surface area contributed by atoms with Crippen molar-refractivity contribution in [3.8, 4) is 11.5 Å². The molecule has 6 nitrogen and oxygen atoms in total. The van der Waals surface area contributed by atoms with Gasteiger partial charge in [0.25, 0.3) is 5.91 Å². The van der Waals surface area contributed by atoms with Gasteiger partial charge in [-0.25, -0.2) is 4.79 Å². The monoisotopic (exact) mass is 385 g/mol. The van der Waals surface area contributed by atoms with Gasteiger partial charge in [-0.15, -0.1) is 8.78 Å². The number of anilines is 1. The second kappa shape index (κ2) is 6.80. The van der Waals surface area contributed by atoms with Crippen molar-refractivity contribution in [1.29, 1.82) is 0 Å². The summed E-state index contributed by atoms with van der Waals surface area (Å²) in [5.41, 5.74) is 0.517. The van der Waals surface area contributed by atoms with E-state index in [4.69, 9.17) is 4.74 Å². The lowest BCUT2D eigenvalue weighted by Gasteiger charge is -2.08. The zero-order valence-corrected chi connectivity index (χ0v) is 14.3. The Bertz CT molecular complexity index is 1080. The van der Waals surface area contributed by atoms with Crippen LogP contribution in [0.3, 0.4) is 0 Å². The van der Waals surface area contributed by atoms with Crippen molar-refractivity contribution in [1.82, 2.24) is 0 Å². The van der Waals surface area contributed by atoms with Gasteiger partial charge in [0.1, 0.15) is 0 Å². The second-order valence-corrected chi connectivity index (χ2v) is 6.02. The van der Waals surface area contributed by atoms with E-state index in [0.717, 1.165) is 10.8 Å². The zero-order chi connectivity index (χ0) is 19.7. The van der Waals surface area contributed by atoms with Crippen LogP contribution in [0.15, 0.2) is 60.7 Å². The smallest absolute Gasteiger partial charge is 0.452 e. The third kappa shape index (κ3) is 3.71. The Morgan fingerprint density at radius 3 is 2.50 bits per heavy atom. The molecule has 3 aromatic rings. The van der Waals surface area contributed by atoms with E-state index in [-0.39, 0.29) is 17.2 Å². The molecule has 142 valence electrons. The van der Waals surface area contributed by atoms with Crippen molar-refractivity contribution < 1.29 is 32.6 Å². The molecule has 28 heavy (non-hydrogen) atoms. The highest BCUT2D eigenvalue weighted by Gasteiger charge is 2.43. The summed E-state index contributed by atoms with van der Waals surface area (Å²) in [5, 5.41) is 4.29. The van der Waals surface area contributed by atoms with Crippen LogP contribution in [0.2, 0.25) is 0 Å². The fourth-order valence-corrected chi connectivity index (χ4v) is 2.75. The van der Waals surface area contributed by atoms with Crippen LogP contribution >= 0.6 is 0 Å². The summed E-state index contributed by atoms with van der Waals surface area (Å²) in [6.45, 7) is -0.531. The van der Waals surface area contributed by atoms with E-state index in [2.05, 4.69) is 14.8 Å². The van der Waals surface area contributed by atoms with Crippen molar-refractivity contribution in [3.63, 3.8) is 0 Å². The molecule has 0 aromatic heterocycles. The molecule has 0 radical (unpaired) electrons.